The highest BCUT2D eigenvalue weighted by molar-refractivity contribution is 7.89. The number of halogens is 1. The van der Waals surface area contributed by atoms with Crippen molar-refractivity contribution in [2.45, 2.75) is 25.7 Å². The van der Waals surface area contributed by atoms with Gasteiger partial charge in [-0.1, -0.05) is 31.5 Å². The number of nitrogens with zero attached hydrogens (tertiary/aromatic N) is 1. The molecule has 2 aromatic carbocycles. The number of anilines is 1. The van der Waals surface area contributed by atoms with Crippen LogP contribution in [0, 0.1) is 6.92 Å². The highest BCUT2D eigenvalue weighted by Crippen LogP contribution is 2.28. The molecule has 0 aliphatic heterocycles. The fraction of sp³-hybridized carbons (Fsp3) is 0.316. The lowest BCUT2D eigenvalue weighted by atomic mass is 10.1. The number of rotatable bonds is 7. The molecule has 0 atom stereocenters. The summed E-state index contributed by atoms with van der Waals surface area (Å²) >= 11 is 6.11. The molecule has 0 saturated heterocycles. The number of ether oxygens (including phenoxy) is 1. The van der Waals surface area contributed by atoms with Gasteiger partial charge in [-0.05, 0) is 42.8 Å². The van der Waals surface area contributed by atoms with E-state index in [0.717, 1.165) is 5.56 Å². The summed E-state index contributed by atoms with van der Waals surface area (Å²) in [7, 11) is -2.21. The molecule has 2 aromatic rings. The number of carbonyl (C=O) groups excluding carboxylic acids is 1. The van der Waals surface area contributed by atoms with Gasteiger partial charge >= 0.3 is 0 Å². The highest BCUT2D eigenvalue weighted by atomic mass is 35.5. The number of sulfonamides is 1. The first-order chi connectivity index (χ1) is 12.7. The van der Waals surface area contributed by atoms with Gasteiger partial charge in [0.2, 0.25) is 10.0 Å². The smallest absolute Gasteiger partial charge is 0.255 e. The average Bonchev–Trinajstić information content (AvgIpc) is 2.64. The molecule has 0 fully saturated rings. The van der Waals surface area contributed by atoms with Crippen LogP contribution in [0.15, 0.2) is 41.3 Å². The van der Waals surface area contributed by atoms with Crippen LogP contribution >= 0.6 is 11.6 Å². The van der Waals surface area contributed by atoms with Crippen molar-refractivity contribution < 1.29 is 17.9 Å². The molecule has 27 heavy (non-hydrogen) atoms. The van der Waals surface area contributed by atoms with E-state index in [1.54, 1.807) is 38.1 Å². The molecule has 2 rings (SSSR count). The Morgan fingerprint density at radius 3 is 2.41 bits per heavy atom. The molecule has 0 saturated carbocycles. The van der Waals surface area contributed by atoms with E-state index in [1.165, 1.54) is 23.5 Å². The quantitative estimate of drug-likeness (QED) is 0.750. The molecule has 0 radical (unpaired) electrons. The lowest BCUT2D eigenvalue weighted by molar-refractivity contribution is 0.102. The standard InChI is InChI=1S/C19H23ClN2O4S/c1-5-22(6-2)27(24,25)18-12-15(9-10-16(18)20)21-19(23)14-8-7-13(3)17(11-14)26-4/h7-12H,5-6H2,1-4H3,(H,21,23). The first-order valence-electron chi connectivity index (χ1n) is 8.50. The molecule has 0 heterocycles. The SMILES string of the molecule is CCN(CC)S(=O)(=O)c1cc(NC(=O)c2ccc(C)c(OC)c2)ccc1Cl. The topological polar surface area (TPSA) is 75.7 Å². The van der Waals surface area contributed by atoms with Crippen LogP contribution in [0.5, 0.6) is 5.75 Å². The Morgan fingerprint density at radius 2 is 1.81 bits per heavy atom. The molecule has 0 spiro atoms. The van der Waals surface area contributed by atoms with Gasteiger partial charge in [-0.3, -0.25) is 4.79 Å². The second kappa shape index (κ2) is 8.73. The maximum Gasteiger partial charge on any atom is 0.255 e. The van der Waals surface area contributed by atoms with Gasteiger partial charge in [0.15, 0.2) is 0 Å². The van der Waals surface area contributed by atoms with Crippen molar-refractivity contribution in [2.24, 2.45) is 0 Å². The fourth-order valence-electron chi connectivity index (χ4n) is 2.65. The van der Waals surface area contributed by atoms with Crippen LogP contribution < -0.4 is 10.1 Å². The fourth-order valence-corrected chi connectivity index (χ4v) is 4.60. The maximum atomic E-state index is 12.8. The number of hydrogen-bond donors (Lipinski definition) is 1. The molecule has 1 amide bonds. The Morgan fingerprint density at radius 1 is 1.15 bits per heavy atom. The molecule has 146 valence electrons. The zero-order valence-electron chi connectivity index (χ0n) is 15.7. The number of hydrogen-bond acceptors (Lipinski definition) is 4. The minimum Gasteiger partial charge on any atom is -0.496 e. The normalized spacial score (nSPS) is 11.5. The van der Waals surface area contributed by atoms with Gasteiger partial charge in [0.25, 0.3) is 5.91 Å². The second-order valence-corrected chi connectivity index (χ2v) is 8.19. The highest BCUT2D eigenvalue weighted by Gasteiger charge is 2.25. The molecule has 1 N–H and O–H groups in total. The van der Waals surface area contributed by atoms with Crippen LogP contribution in [0.25, 0.3) is 0 Å². The van der Waals surface area contributed by atoms with Crippen molar-refractivity contribution >= 4 is 33.2 Å². The number of nitrogens with one attached hydrogen (secondary N) is 1. The molecule has 8 heteroatoms. The summed E-state index contributed by atoms with van der Waals surface area (Å²) in [5.41, 5.74) is 1.66. The van der Waals surface area contributed by atoms with Gasteiger partial charge in [0, 0.05) is 24.3 Å². The summed E-state index contributed by atoms with van der Waals surface area (Å²) in [4.78, 5) is 12.5. The molecular weight excluding hydrogens is 388 g/mol. The van der Waals surface area contributed by atoms with Crippen molar-refractivity contribution in [1.82, 2.24) is 4.31 Å². The van der Waals surface area contributed by atoms with Crippen LogP contribution in [0.1, 0.15) is 29.8 Å². The predicted molar refractivity (Wildman–Crippen MR) is 107 cm³/mol. The summed E-state index contributed by atoms with van der Waals surface area (Å²) in [6.07, 6.45) is 0. The van der Waals surface area contributed by atoms with Crippen molar-refractivity contribution in [3.63, 3.8) is 0 Å². The Kier molecular flexibility index (Phi) is 6.86. The van der Waals surface area contributed by atoms with E-state index in [9.17, 15) is 13.2 Å². The predicted octanol–water partition coefficient (Wildman–Crippen LogP) is 3.94. The van der Waals surface area contributed by atoms with E-state index in [-0.39, 0.29) is 15.8 Å². The zero-order chi connectivity index (χ0) is 20.2. The monoisotopic (exact) mass is 410 g/mol. The van der Waals surface area contributed by atoms with Crippen LogP contribution in [0.4, 0.5) is 5.69 Å². The maximum absolute atomic E-state index is 12.8. The lowest BCUT2D eigenvalue weighted by Crippen LogP contribution is -2.30. The van der Waals surface area contributed by atoms with E-state index in [2.05, 4.69) is 5.32 Å². The van der Waals surface area contributed by atoms with E-state index >= 15 is 0 Å². The number of amides is 1. The van der Waals surface area contributed by atoms with E-state index in [4.69, 9.17) is 16.3 Å². The third kappa shape index (κ3) is 4.61. The first-order valence-corrected chi connectivity index (χ1v) is 10.3. The van der Waals surface area contributed by atoms with Gasteiger partial charge in [-0.15, -0.1) is 0 Å². The number of carbonyl (C=O) groups is 1. The minimum atomic E-state index is -3.74. The Labute approximate surface area is 165 Å². The second-order valence-electron chi connectivity index (χ2n) is 5.87. The summed E-state index contributed by atoms with van der Waals surface area (Å²) in [5.74, 6) is 0.227. The Bertz CT molecular complexity index is 941. The van der Waals surface area contributed by atoms with Crippen molar-refractivity contribution in [3.05, 3.63) is 52.5 Å². The summed E-state index contributed by atoms with van der Waals surface area (Å²) in [5, 5.41) is 2.82. The zero-order valence-corrected chi connectivity index (χ0v) is 17.3. The van der Waals surface area contributed by atoms with Crippen molar-refractivity contribution in [2.75, 3.05) is 25.5 Å². The summed E-state index contributed by atoms with van der Waals surface area (Å²) < 4.78 is 32.1. The van der Waals surface area contributed by atoms with Crippen molar-refractivity contribution in [3.8, 4) is 5.75 Å². The average molecular weight is 411 g/mol. The summed E-state index contributed by atoms with van der Waals surface area (Å²) in [6, 6.07) is 9.49. The van der Waals surface area contributed by atoms with E-state index in [0.29, 0.717) is 30.1 Å². The molecule has 6 nitrogen and oxygen atoms in total. The van der Waals surface area contributed by atoms with Gasteiger partial charge in [-0.25, -0.2) is 8.42 Å². The number of methoxy groups -OCH3 is 1. The largest absolute Gasteiger partial charge is 0.496 e. The first kappa shape index (κ1) is 21.2. The van der Waals surface area contributed by atoms with Crippen LogP contribution in [-0.2, 0) is 10.0 Å². The minimum absolute atomic E-state index is 0.0350. The number of benzene rings is 2. The van der Waals surface area contributed by atoms with Gasteiger partial charge < -0.3 is 10.1 Å². The molecule has 0 aliphatic rings. The molecule has 0 aliphatic carbocycles. The van der Waals surface area contributed by atoms with Crippen LogP contribution in [0.2, 0.25) is 5.02 Å². The Balaban J connectivity index is 2.34. The van der Waals surface area contributed by atoms with Crippen molar-refractivity contribution in [1.29, 1.82) is 0 Å². The van der Waals surface area contributed by atoms with Gasteiger partial charge in [-0.2, -0.15) is 4.31 Å². The van der Waals surface area contributed by atoms with Gasteiger partial charge in [0.05, 0.1) is 12.1 Å². The van der Waals surface area contributed by atoms with E-state index < -0.39 is 10.0 Å². The van der Waals surface area contributed by atoms with Crippen LogP contribution in [0.3, 0.4) is 0 Å². The van der Waals surface area contributed by atoms with Crippen LogP contribution in [-0.4, -0.2) is 38.8 Å². The van der Waals surface area contributed by atoms with E-state index in [1.807, 2.05) is 6.92 Å². The third-order valence-corrected chi connectivity index (χ3v) is 6.71. The third-order valence-electron chi connectivity index (χ3n) is 4.18. The summed E-state index contributed by atoms with van der Waals surface area (Å²) in [6.45, 7) is 6.05. The molecule has 0 aromatic heterocycles. The molecule has 0 bridgehead atoms. The Hall–Kier alpha value is -2.09. The molecule has 0 unspecified atom stereocenters. The van der Waals surface area contributed by atoms with Gasteiger partial charge in [0.1, 0.15) is 10.6 Å². The number of aryl methyl sites for hydroxylation is 1. The lowest BCUT2D eigenvalue weighted by Gasteiger charge is -2.19. The molecular formula is C19H23ClN2O4S.